The van der Waals surface area contributed by atoms with E-state index in [0.717, 1.165) is 19.6 Å². The minimum atomic E-state index is -0.538. The zero-order valence-corrected chi connectivity index (χ0v) is 13.3. The molecule has 5 heteroatoms. The van der Waals surface area contributed by atoms with Crippen LogP contribution in [0.3, 0.4) is 0 Å². The van der Waals surface area contributed by atoms with Gasteiger partial charge in [0.25, 0.3) is 0 Å². The molecule has 1 fully saturated rings. The molecule has 1 saturated heterocycles. The van der Waals surface area contributed by atoms with Crippen LogP contribution in [0.1, 0.15) is 65.1 Å². The molecule has 20 heavy (non-hydrogen) atoms. The third kappa shape index (κ3) is 3.38. The lowest BCUT2D eigenvalue weighted by Gasteiger charge is -2.40. The van der Waals surface area contributed by atoms with Crippen LogP contribution in [0, 0.1) is 5.41 Å². The fourth-order valence-corrected chi connectivity index (χ4v) is 2.91. The lowest BCUT2D eigenvalue weighted by Crippen LogP contribution is -2.39. The number of piperidine rings is 1. The molecule has 1 aromatic heterocycles. The molecule has 2 rings (SSSR count). The Bertz CT molecular complexity index is 421. The number of likely N-dealkylation sites (tertiary alicyclic amines) is 1. The monoisotopic (exact) mass is 280 g/mol. The van der Waals surface area contributed by atoms with E-state index in [-0.39, 0.29) is 0 Å². The number of hydrogen-bond donors (Lipinski definition) is 1. The van der Waals surface area contributed by atoms with Gasteiger partial charge in [-0.1, -0.05) is 31.8 Å². The molecule has 0 radical (unpaired) electrons. The van der Waals surface area contributed by atoms with Gasteiger partial charge in [-0.25, -0.2) is 0 Å². The van der Waals surface area contributed by atoms with Gasteiger partial charge < -0.3 is 10.3 Å². The topological polar surface area (TPSA) is 68.2 Å². The van der Waals surface area contributed by atoms with Crippen LogP contribution in [0.15, 0.2) is 4.52 Å². The zero-order chi connectivity index (χ0) is 14.8. The summed E-state index contributed by atoms with van der Waals surface area (Å²) in [6.07, 6.45) is 5.10. The fourth-order valence-electron chi connectivity index (χ4n) is 2.91. The number of nitrogens with zero attached hydrogens (tertiary/aromatic N) is 3. The Kier molecular flexibility index (Phi) is 4.49. The highest BCUT2D eigenvalue weighted by molar-refractivity contribution is 4.99. The van der Waals surface area contributed by atoms with Crippen LogP contribution in [0.25, 0.3) is 0 Å². The average molecular weight is 280 g/mol. The molecule has 0 atom stereocenters. The molecule has 114 valence electrons. The van der Waals surface area contributed by atoms with Gasteiger partial charge >= 0.3 is 0 Å². The molecule has 2 heterocycles. The van der Waals surface area contributed by atoms with Crippen molar-refractivity contribution in [2.45, 2.75) is 65.5 Å². The molecule has 0 amide bonds. The average Bonchev–Trinajstić information content (AvgIpc) is 2.89. The fraction of sp³-hybridized carbons (Fsp3) is 0.867. The largest absolute Gasteiger partial charge is 0.338 e. The second-order valence-electron chi connectivity index (χ2n) is 6.72. The Morgan fingerprint density at radius 1 is 1.25 bits per heavy atom. The van der Waals surface area contributed by atoms with Crippen LogP contribution >= 0.6 is 0 Å². The standard InChI is InChI=1S/C15H28N4O/c1-5-15(6-2)7-9-19(10-8-15)11-12-17-13(18-20-12)14(3,4)16/h5-11,16H2,1-4H3. The van der Waals surface area contributed by atoms with Gasteiger partial charge in [-0.2, -0.15) is 4.98 Å². The van der Waals surface area contributed by atoms with Crippen molar-refractivity contribution in [3.8, 4) is 0 Å². The van der Waals surface area contributed by atoms with Crippen LogP contribution in [-0.2, 0) is 12.1 Å². The molecule has 1 aromatic rings. The number of aromatic nitrogens is 2. The first kappa shape index (κ1) is 15.4. The molecule has 0 aliphatic carbocycles. The van der Waals surface area contributed by atoms with Gasteiger partial charge in [-0.3, -0.25) is 4.90 Å². The summed E-state index contributed by atoms with van der Waals surface area (Å²) in [6, 6.07) is 0. The second kappa shape index (κ2) is 5.82. The highest BCUT2D eigenvalue weighted by Crippen LogP contribution is 2.38. The Hall–Kier alpha value is -0.940. The van der Waals surface area contributed by atoms with Crippen LogP contribution in [0.4, 0.5) is 0 Å². The molecule has 1 aliphatic rings. The highest BCUT2D eigenvalue weighted by atomic mass is 16.5. The van der Waals surface area contributed by atoms with Gasteiger partial charge in [0.15, 0.2) is 5.82 Å². The van der Waals surface area contributed by atoms with E-state index >= 15 is 0 Å². The summed E-state index contributed by atoms with van der Waals surface area (Å²) in [5, 5.41) is 3.98. The van der Waals surface area contributed by atoms with Crippen molar-refractivity contribution in [1.29, 1.82) is 0 Å². The maximum absolute atomic E-state index is 5.98. The lowest BCUT2D eigenvalue weighted by molar-refractivity contribution is 0.0835. The predicted octanol–water partition coefficient (Wildman–Crippen LogP) is 2.67. The third-order valence-corrected chi connectivity index (χ3v) is 4.82. The van der Waals surface area contributed by atoms with Crippen molar-refractivity contribution in [3.05, 3.63) is 11.7 Å². The summed E-state index contributed by atoms with van der Waals surface area (Å²) in [6.45, 7) is 11.4. The van der Waals surface area contributed by atoms with Crippen LogP contribution in [0.2, 0.25) is 0 Å². The Morgan fingerprint density at radius 2 is 1.85 bits per heavy atom. The second-order valence-corrected chi connectivity index (χ2v) is 6.72. The SMILES string of the molecule is CCC1(CC)CCN(Cc2nc(C(C)(C)N)no2)CC1. The van der Waals surface area contributed by atoms with Gasteiger partial charge in [0.1, 0.15) is 0 Å². The highest BCUT2D eigenvalue weighted by Gasteiger charge is 2.32. The number of hydrogen-bond acceptors (Lipinski definition) is 5. The number of rotatable bonds is 5. The van der Waals surface area contributed by atoms with Crippen molar-refractivity contribution in [3.63, 3.8) is 0 Å². The van der Waals surface area contributed by atoms with E-state index in [9.17, 15) is 0 Å². The van der Waals surface area contributed by atoms with E-state index in [4.69, 9.17) is 10.3 Å². The molecule has 5 nitrogen and oxygen atoms in total. The molecule has 0 aromatic carbocycles. The molecule has 0 unspecified atom stereocenters. The molecule has 0 bridgehead atoms. The van der Waals surface area contributed by atoms with E-state index in [1.807, 2.05) is 13.8 Å². The molecule has 2 N–H and O–H groups in total. The minimum Gasteiger partial charge on any atom is -0.338 e. The summed E-state index contributed by atoms with van der Waals surface area (Å²) >= 11 is 0. The summed E-state index contributed by atoms with van der Waals surface area (Å²) in [5.74, 6) is 1.26. The summed E-state index contributed by atoms with van der Waals surface area (Å²) in [7, 11) is 0. The molecule has 0 saturated carbocycles. The van der Waals surface area contributed by atoms with Crippen LogP contribution in [0.5, 0.6) is 0 Å². The zero-order valence-electron chi connectivity index (χ0n) is 13.3. The summed E-state index contributed by atoms with van der Waals surface area (Å²) in [4.78, 5) is 6.81. The minimum absolute atomic E-state index is 0.538. The van der Waals surface area contributed by atoms with E-state index in [1.54, 1.807) is 0 Å². The smallest absolute Gasteiger partial charge is 0.240 e. The molecule has 0 spiro atoms. The Balaban J connectivity index is 1.91. The summed E-state index contributed by atoms with van der Waals surface area (Å²) in [5.41, 5.74) is 5.99. The van der Waals surface area contributed by atoms with Gasteiger partial charge in [0.05, 0.1) is 12.1 Å². The predicted molar refractivity (Wildman–Crippen MR) is 79.0 cm³/mol. The van der Waals surface area contributed by atoms with Crippen molar-refractivity contribution in [1.82, 2.24) is 15.0 Å². The van der Waals surface area contributed by atoms with Gasteiger partial charge in [-0.15, -0.1) is 0 Å². The van der Waals surface area contributed by atoms with Gasteiger partial charge in [0.2, 0.25) is 5.89 Å². The number of nitrogens with two attached hydrogens (primary N) is 1. The molecule has 1 aliphatic heterocycles. The quantitative estimate of drug-likeness (QED) is 0.898. The Labute approximate surface area is 121 Å². The van der Waals surface area contributed by atoms with E-state index in [2.05, 4.69) is 28.9 Å². The molecular formula is C15H28N4O. The van der Waals surface area contributed by atoms with Crippen LogP contribution in [-0.4, -0.2) is 28.1 Å². The van der Waals surface area contributed by atoms with Crippen molar-refractivity contribution in [2.75, 3.05) is 13.1 Å². The normalized spacial score (nSPS) is 20.2. The van der Waals surface area contributed by atoms with Crippen molar-refractivity contribution < 1.29 is 4.52 Å². The van der Waals surface area contributed by atoms with Crippen molar-refractivity contribution >= 4 is 0 Å². The first-order valence-corrected chi connectivity index (χ1v) is 7.73. The maximum Gasteiger partial charge on any atom is 0.240 e. The van der Waals surface area contributed by atoms with Crippen molar-refractivity contribution in [2.24, 2.45) is 11.1 Å². The summed E-state index contributed by atoms with van der Waals surface area (Å²) < 4.78 is 5.32. The third-order valence-electron chi connectivity index (χ3n) is 4.82. The van der Waals surface area contributed by atoms with Crippen LogP contribution < -0.4 is 5.73 Å². The molecular weight excluding hydrogens is 252 g/mol. The first-order valence-electron chi connectivity index (χ1n) is 7.73. The first-order chi connectivity index (χ1) is 9.38. The van der Waals surface area contributed by atoms with E-state index < -0.39 is 5.54 Å². The van der Waals surface area contributed by atoms with E-state index in [1.165, 1.54) is 25.7 Å². The van der Waals surface area contributed by atoms with E-state index in [0.29, 0.717) is 17.1 Å². The maximum atomic E-state index is 5.98. The Morgan fingerprint density at radius 3 is 2.30 bits per heavy atom. The van der Waals surface area contributed by atoms with Gasteiger partial charge in [-0.05, 0) is 45.2 Å². The van der Waals surface area contributed by atoms with Gasteiger partial charge in [0, 0.05) is 0 Å². The lowest BCUT2D eigenvalue weighted by atomic mass is 9.74.